The Labute approximate surface area is 104 Å². The fourth-order valence-electron chi connectivity index (χ4n) is 2.84. The quantitative estimate of drug-likeness (QED) is 0.869. The molecule has 0 aromatic heterocycles. The van der Waals surface area contributed by atoms with E-state index in [1.54, 1.807) is 0 Å². The van der Waals surface area contributed by atoms with Gasteiger partial charge in [0.25, 0.3) is 0 Å². The van der Waals surface area contributed by atoms with E-state index in [9.17, 15) is 0 Å². The first-order chi connectivity index (χ1) is 8.22. The molecule has 0 aliphatic heterocycles. The summed E-state index contributed by atoms with van der Waals surface area (Å²) in [5, 5.41) is 0. The van der Waals surface area contributed by atoms with E-state index in [1.165, 1.54) is 18.4 Å². The molecule has 2 N–H and O–H groups in total. The second kappa shape index (κ2) is 5.54. The van der Waals surface area contributed by atoms with E-state index >= 15 is 0 Å². The van der Waals surface area contributed by atoms with Gasteiger partial charge < -0.3 is 10.5 Å². The zero-order valence-electron chi connectivity index (χ0n) is 10.9. The highest BCUT2D eigenvalue weighted by Gasteiger charge is 2.28. The average molecular weight is 233 g/mol. The van der Waals surface area contributed by atoms with E-state index in [0.717, 1.165) is 18.1 Å². The number of nitrogens with two attached hydrogens (primary N) is 1. The Hall–Kier alpha value is -1.02. The van der Waals surface area contributed by atoms with Gasteiger partial charge in [0.15, 0.2) is 0 Å². The van der Waals surface area contributed by atoms with Crippen LogP contribution < -0.4 is 10.5 Å². The van der Waals surface area contributed by atoms with E-state index in [2.05, 4.69) is 25.1 Å². The molecule has 1 aromatic carbocycles. The van der Waals surface area contributed by atoms with Crippen molar-refractivity contribution in [2.75, 3.05) is 6.61 Å². The summed E-state index contributed by atoms with van der Waals surface area (Å²) in [6.45, 7) is 5.07. The van der Waals surface area contributed by atoms with Crippen molar-refractivity contribution in [1.29, 1.82) is 0 Å². The lowest BCUT2D eigenvalue weighted by atomic mass is 9.75. The van der Waals surface area contributed by atoms with Crippen molar-refractivity contribution in [2.24, 2.45) is 11.7 Å². The monoisotopic (exact) mass is 233 g/mol. The first-order valence-electron chi connectivity index (χ1n) is 6.69. The van der Waals surface area contributed by atoms with Crippen molar-refractivity contribution in [2.45, 2.75) is 45.1 Å². The van der Waals surface area contributed by atoms with Crippen LogP contribution in [0.3, 0.4) is 0 Å². The van der Waals surface area contributed by atoms with Gasteiger partial charge in [0, 0.05) is 12.0 Å². The highest BCUT2D eigenvalue weighted by atomic mass is 16.5. The Balaban J connectivity index is 2.25. The molecule has 2 nitrogen and oxygen atoms in total. The molecular weight excluding hydrogens is 210 g/mol. The number of para-hydroxylation sites is 1. The topological polar surface area (TPSA) is 35.2 Å². The predicted octanol–water partition coefficient (Wildman–Crippen LogP) is 3.32. The summed E-state index contributed by atoms with van der Waals surface area (Å²) in [5.41, 5.74) is 7.58. The van der Waals surface area contributed by atoms with Gasteiger partial charge in [0.1, 0.15) is 5.75 Å². The van der Waals surface area contributed by atoms with Crippen molar-refractivity contribution in [3.05, 3.63) is 29.8 Å². The van der Waals surface area contributed by atoms with Crippen LogP contribution in [-0.4, -0.2) is 12.6 Å². The van der Waals surface area contributed by atoms with Crippen LogP contribution in [0, 0.1) is 5.92 Å². The second-order valence-corrected chi connectivity index (χ2v) is 5.16. The van der Waals surface area contributed by atoms with Gasteiger partial charge in [0.2, 0.25) is 0 Å². The first-order valence-corrected chi connectivity index (χ1v) is 6.69. The fourth-order valence-corrected chi connectivity index (χ4v) is 2.84. The third-order valence-electron chi connectivity index (χ3n) is 3.78. The molecule has 0 amide bonds. The van der Waals surface area contributed by atoms with Gasteiger partial charge >= 0.3 is 0 Å². The number of benzene rings is 1. The smallest absolute Gasteiger partial charge is 0.122 e. The molecule has 2 heteroatoms. The Morgan fingerprint density at radius 1 is 1.29 bits per heavy atom. The van der Waals surface area contributed by atoms with Crippen LogP contribution in [0.4, 0.5) is 0 Å². The molecule has 0 bridgehead atoms. The van der Waals surface area contributed by atoms with Crippen LogP contribution >= 0.6 is 0 Å². The first kappa shape index (κ1) is 12.4. The molecule has 1 aromatic rings. The Morgan fingerprint density at radius 3 is 2.82 bits per heavy atom. The number of hydrogen-bond acceptors (Lipinski definition) is 2. The highest BCUT2D eigenvalue weighted by Crippen LogP contribution is 2.39. The molecule has 17 heavy (non-hydrogen) atoms. The number of ether oxygens (including phenoxy) is 1. The van der Waals surface area contributed by atoms with Gasteiger partial charge in [-0.25, -0.2) is 0 Å². The zero-order valence-corrected chi connectivity index (χ0v) is 10.9. The molecular formula is C15H23NO. The van der Waals surface area contributed by atoms with Crippen molar-refractivity contribution in [3.63, 3.8) is 0 Å². The predicted molar refractivity (Wildman–Crippen MR) is 71.3 cm³/mol. The van der Waals surface area contributed by atoms with Gasteiger partial charge in [0.05, 0.1) is 6.61 Å². The zero-order chi connectivity index (χ0) is 12.3. The van der Waals surface area contributed by atoms with Gasteiger partial charge in [-0.2, -0.15) is 0 Å². The Morgan fingerprint density at radius 2 is 2.06 bits per heavy atom. The molecule has 94 valence electrons. The SMILES string of the molecule is CCOc1ccccc1C1CC(C)CCC1N. The standard InChI is InChI=1S/C15H23NO/c1-3-17-15-7-5-4-6-12(15)13-10-11(2)8-9-14(13)16/h4-7,11,13-14H,3,8-10,16H2,1-2H3. The van der Waals surface area contributed by atoms with Crippen molar-refractivity contribution in [3.8, 4) is 5.75 Å². The van der Waals surface area contributed by atoms with Gasteiger partial charge in [-0.05, 0) is 43.7 Å². The number of hydrogen-bond donors (Lipinski definition) is 1. The average Bonchev–Trinajstić information content (AvgIpc) is 2.34. The fraction of sp³-hybridized carbons (Fsp3) is 0.600. The minimum atomic E-state index is 0.285. The minimum Gasteiger partial charge on any atom is -0.494 e. The Kier molecular flexibility index (Phi) is 4.06. The maximum atomic E-state index is 6.28. The van der Waals surface area contributed by atoms with E-state index in [4.69, 9.17) is 10.5 Å². The minimum absolute atomic E-state index is 0.285. The van der Waals surface area contributed by atoms with Crippen molar-refractivity contribution >= 4 is 0 Å². The summed E-state index contributed by atoms with van der Waals surface area (Å²) in [7, 11) is 0. The summed E-state index contributed by atoms with van der Waals surface area (Å²) in [5.74, 6) is 2.25. The van der Waals surface area contributed by atoms with E-state index in [0.29, 0.717) is 12.5 Å². The summed E-state index contributed by atoms with van der Waals surface area (Å²) in [4.78, 5) is 0. The molecule has 0 saturated heterocycles. The lowest BCUT2D eigenvalue weighted by Gasteiger charge is -2.33. The van der Waals surface area contributed by atoms with Crippen LogP contribution in [-0.2, 0) is 0 Å². The van der Waals surface area contributed by atoms with Crippen molar-refractivity contribution < 1.29 is 4.74 Å². The lowest BCUT2D eigenvalue weighted by molar-refractivity contribution is 0.289. The van der Waals surface area contributed by atoms with Crippen LogP contribution in [0.5, 0.6) is 5.75 Å². The molecule has 1 fully saturated rings. The summed E-state index contributed by atoms with van der Waals surface area (Å²) >= 11 is 0. The largest absolute Gasteiger partial charge is 0.494 e. The van der Waals surface area contributed by atoms with Gasteiger partial charge in [-0.3, -0.25) is 0 Å². The lowest BCUT2D eigenvalue weighted by Crippen LogP contribution is -2.34. The highest BCUT2D eigenvalue weighted by molar-refractivity contribution is 5.37. The number of rotatable bonds is 3. The van der Waals surface area contributed by atoms with Crippen LogP contribution in [0.1, 0.15) is 44.6 Å². The van der Waals surface area contributed by atoms with E-state index in [-0.39, 0.29) is 6.04 Å². The van der Waals surface area contributed by atoms with Gasteiger partial charge in [-0.15, -0.1) is 0 Å². The van der Waals surface area contributed by atoms with E-state index in [1.807, 2.05) is 13.0 Å². The third kappa shape index (κ3) is 2.81. The van der Waals surface area contributed by atoms with E-state index < -0.39 is 0 Å². The summed E-state index contributed by atoms with van der Waals surface area (Å²) in [6, 6.07) is 8.64. The van der Waals surface area contributed by atoms with Crippen molar-refractivity contribution in [1.82, 2.24) is 0 Å². The molecule has 1 saturated carbocycles. The van der Waals surface area contributed by atoms with Crippen LogP contribution in [0.2, 0.25) is 0 Å². The van der Waals surface area contributed by atoms with Crippen LogP contribution in [0.25, 0.3) is 0 Å². The normalized spacial score (nSPS) is 29.0. The molecule has 1 aliphatic rings. The summed E-state index contributed by atoms with van der Waals surface area (Å²) < 4.78 is 5.72. The Bertz CT molecular complexity index is 364. The second-order valence-electron chi connectivity index (χ2n) is 5.16. The van der Waals surface area contributed by atoms with Crippen LogP contribution in [0.15, 0.2) is 24.3 Å². The molecule has 0 heterocycles. The van der Waals surface area contributed by atoms with Gasteiger partial charge in [-0.1, -0.05) is 25.1 Å². The summed E-state index contributed by atoms with van der Waals surface area (Å²) in [6.07, 6.45) is 3.58. The maximum absolute atomic E-state index is 6.28. The molecule has 0 radical (unpaired) electrons. The third-order valence-corrected chi connectivity index (χ3v) is 3.78. The molecule has 3 atom stereocenters. The molecule has 2 rings (SSSR count). The molecule has 3 unspecified atom stereocenters. The molecule has 1 aliphatic carbocycles. The molecule has 0 spiro atoms. The maximum Gasteiger partial charge on any atom is 0.122 e.